The largest absolute Gasteiger partial charge is 0.481 e. The average molecular weight is 406 g/mol. The summed E-state index contributed by atoms with van der Waals surface area (Å²) in [5.41, 5.74) is 11.3. The van der Waals surface area contributed by atoms with Gasteiger partial charge in [-0.1, -0.05) is 37.3 Å². The van der Waals surface area contributed by atoms with Crippen LogP contribution in [0.25, 0.3) is 10.9 Å². The number of esters is 1. The zero-order valence-electron chi connectivity index (χ0n) is 17.3. The number of nitrogens with two attached hydrogens (primary N) is 1. The normalized spacial score (nSPS) is 15.2. The van der Waals surface area contributed by atoms with Gasteiger partial charge >= 0.3 is 5.97 Å². The number of benzene rings is 2. The summed E-state index contributed by atoms with van der Waals surface area (Å²) in [5, 5.41) is 0.867. The van der Waals surface area contributed by atoms with E-state index in [1.54, 1.807) is 0 Å². The quantitative estimate of drug-likeness (QED) is 0.610. The van der Waals surface area contributed by atoms with Gasteiger partial charge in [0.2, 0.25) is 5.91 Å². The highest BCUT2D eigenvalue weighted by molar-refractivity contribution is 5.97. The van der Waals surface area contributed by atoms with Crippen molar-refractivity contribution < 1.29 is 19.1 Å². The molecular formula is C24H26N2O4. The summed E-state index contributed by atoms with van der Waals surface area (Å²) in [5.74, 6) is -0.561. The predicted molar refractivity (Wildman–Crippen MR) is 115 cm³/mol. The van der Waals surface area contributed by atoms with Crippen LogP contribution < -0.4 is 10.5 Å². The van der Waals surface area contributed by atoms with Crippen molar-refractivity contribution in [2.45, 2.75) is 38.6 Å². The number of hydrogen-bond donors (Lipinski definition) is 1. The van der Waals surface area contributed by atoms with E-state index >= 15 is 0 Å². The number of aromatic nitrogens is 1. The number of hydrogen-bond acceptors (Lipinski definition) is 4. The molecule has 1 aliphatic carbocycles. The van der Waals surface area contributed by atoms with Gasteiger partial charge in [-0.25, -0.2) is 4.79 Å². The Hall–Kier alpha value is -3.28. The van der Waals surface area contributed by atoms with Crippen molar-refractivity contribution in [1.29, 1.82) is 0 Å². The molecule has 2 aromatic carbocycles. The zero-order valence-corrected chi connectivity index (χ0v) is 17.3. The number of rotatable bonds is 7. The van der Waals surface area contributed by atoms with E-state index in [4.69, 9.17) is 15.2 Å². The van der Waals surface area contributed by atoms with Crippen LogP contribution in [0.15, 0.2) is 42.5 Å². The van der Waals surface area contributed by atoms with E-state index in [-0.39, 0.29) is 18.4 Å². The van der Waals surface area contributed by atoms with Gasteiger partial charge in [0.25, 0.3) is 0 Å². The Morgan fingerprint density at radius 3 is 2.60 bits per heavy atom. The van der Waals surface area contributed by atoms with Crippen LogP contribution in [-0.2, 0) is 33.7 Å². The summed E-state index contributed by atoms with van der Waals surface area (Å²) < 4.78 is 12.8. The molecule has 1 amide bonds. The SMILES string of the molecule is CCc1ccccc1Cn1c2c(c3c(OCC(=O)OC)cccc31)C(C(N)=O)CC2. The maximum absolute atomic E-state index is 12.2. The van der Waals surface area contributed by atoms with E-state index in [0.29, 0.717) is 18.7 Å². The minimum absolute atomic E-state index is 0.185. The number of carbonyl (C=O) groups excluding carboxylic acids is 2. The van der Waals surface area contributed by atoms with Crippen LogP contribution in [0.5, 0.6) is 5.75 Å². The molecule has 4 rings (SSSR count). The summed E-state index contributed by atoms with van der Waals surface area (Å²) in [7, 11) is 1.33. The topological polar surface area (TPSA) is 83.6 Å². The molecular weight excluding hydrogens is 380 g/mol. The van der Waals surface area contributed by atoms with Crippen LogP contribution >= 0.6 is 0 Å². The van der Waals surface area contributed by atoms with Crippen LogP contribution in [0.3, 0.4) is 0 Å². The standard InChI is InChI=1S/C24H26N2O4/c1-3-15-7-4-5-8-16(15)13-26-18-9-6-10-20(30-14-21(27)29-2)23(18)22-17(24(25)28)11-12-19(22)26/h4-10,17H,3,11-14H2,1-2H3,(H2,25,28). The molecule has 0 bridgehead atoms. The Morgan fingerprint density at radius 1 is 1.13 bits per heavy atom. The minimum Gasteiger partial charge on any atom is -0.481 e. The molecule has 0 radical (unpaired) electrons. The first kappa shape index (κ1) is 20.0. The molecule has 0 aliphatic heterocycles. The molecule has 6 nitrogen and oxygen atoms in total. The van der Waals surface area contributed by atoms with Gasteiger partial charge in [0.05, 0.1) is 18.5 Å². The van der Waals surface area contributed by atoms with E-state index in [9.17, 15) is 9.59 Å². The Labute approximate surface area is 175 Å². The number of carbonyl (C=O) groups is 2. The maximum atomic E-state index is 12.2. The summed E-state index contributed by atoms with van der Waals surface area (Å²) in [6.45, 7) is 2.68. The zero-order chi connectivity index (χ0) is 21.3. The second kappa shape index (κ2) is 8.22. The molecule has 0 saturated carbocycles. The van der Waals surface area contributed by atoms with Crippen LogP contribution in [0.4, 0.5) is 0 Å². The molecule has 3 aromatic rings. The molecule has 30 heavy (non-hydrogen) atoms. The summed E-state index contributed by atoms with van der Waals surface area (Å²) >= 11 is 0. The van der Waals surface area contributed by atoms with Crippen molar-refractivity contribution in [1.82, 2.24) is 4.57 Å². The van der Waals surface area contributed by atoms with E-state index in [0.717, 1.165) is 35.0 Å². The highest BCUT2D eigenvalue weighted by Gasteiger charge is 2.34. The number of ether oxygens (including phenoxy) is 2. The molecule has 0 saturated heterocycles. The molecule has 0 spiro atoms. The van der Waals surface area contributed by atoms with Crippen molar-refractivity contribution in [3.63, 3.8) is 0 Å². The monoisotopic (exact) mass is 406 g/mol. The molecule has 1 aromatic heterocycles. The lowest BCUT2D eigenvalue weighted by molar-refractivity contribution is -0.142. The molecule has 0 fully saturated rings. The third kappa shape index (κ3) is 3.43. The van der Waals surface area contributed by atoms with Crippen molar-refractivity contribution in [3.05, 3.63) is 64.8 Å². The first-order chi connectivity index (χ1) is 14.5. The van der Waals surface area contributed by atoms with Crippen molar-refractivity contribution in [2.24, 2.45) is 5.73 Å². The van der Waals surface area contributed by atoms with Gasteiger partial charge in [-0.15, -0.1) is 0 Å². The highest BCUT2D eigenvalue weighted by Crippen LogP contribution is 2.44. The van der Waals surface area contributed by atoms with Gasteiger partial charge < -0.3 is 19.8 Å². The van der Waals surface area contributed by atoms with Gasteiger partial charge in [-0.3, -0.25) is 4.79 Å². The Morgan fingerprint density at radius 2 is 1.90 bits per heavy atom. The number of nitrogens with zero attached hydrogens (tertiary/aromatic N) is 1. The Kier molecular flexibility index (Phi) is 5.48. The predicted octanol–water partition coefficient (Wildman–Crippen LogP) is 3.32. The summed E-state index contributed by atoms with van der Waals surface area (Å²) in [6, 6.07) is 14.2. The summed E-state index contributed by atoms with van der Waals surface area (Å²) in [6.07, 6.45) is 2.42. The molecule has 1 aliphatic rings. The Balaban J connectivity index is 1.87. The molecule has 1 atom stereocenters. The van der Waals surface area contributed by atoms with Gasteiger partial charge in [-0.05, 0) is 48.1 Å². The van der Waals surface area contributed by atoms with Crippen LogP contribution in [-0.4, -0.2) is 30.2 Å². The fourth-order valence-electron chi connectivity index (χ4n) is 4.53. The van der Waals surface area contributed by atoms with Crippen LogP contribution in [0, 0.1) is 0 Å². The maximum Gasteiger partial charge on any atom is 0.343 e. The molecule has 2 N–H and O–H groups in total. The second-order valence-electron chi connectivity index (χ2n) is 7.58. The minimum atomic E-state index is -0.452. The fraction of sp³-hybridized carbons (Fsp3) is 0.333. The fourth-order valence-corrected chi connectivity index (χ4v) is 4.53. The van der Waals surface area contributed by atoms with Gasteiger partial charge in [0.1, 0.15) is 5.75 Å². The lowest BCUT2D eigenvalue weighted by Gasteiger charge is -2.14. The number of primary amides is 1. The van der Waals surface area contributed by atoms with E-state index < -0.39 is 5.97 Å². The van der Waals surface area contributed by atoms with E-state index in [1.807, 2.05) is 18.2 Å². The Bertz CT molecular complexity index is 1120. The van der Waals surface area contributed by atoms with Crippen molar-refractivity contribution >= 4 is 22.8 Å². The third-order valence-corrected chi connectivity index (χ3v) is 5.96. The number of amides is 1. The second-order valence-corrected chi connectivity index (χ2v) is 7.58. The van der Waals surface area contributed by atoms with Crippen LogP contribution in [0.1, 0.15) is 41.6 Å². The summed E-state index contributed by atoms with van der Waals surface area (Å²) in [4.78, 5) is 23.8. The first-order valence-electron chi connectivity index (χ1n) is 10.2. The smallest absolute Gasteiger partial charge is 0.343 e. The first-order valence-corrected chi connectivity index (χ1v) is 10.2. The number of aryl methyl sites for hydroxylation is 1. The number of methoxy groups -OCH3 is 1. The van der Waals surface area contributed by atoms with Gasteiger partial charge in [0, 0.05) is 17.6 Å². The van der Waals surface area contributed by atoms with Gasteiger partial charge in [-0.2, -0.15) is 0 Å². The molecule has 1 unspecified atom stereocenters. The third-order valence-electron chi connectivity index (χ3n) is 5.96. The molecule has 156 valence electrons. The molecule has 1 heterocycles. The lowest BCUT2D eigenvalue weighted by atomic mass is 9.99. The molecule has 6 heteroatoms. The van der Waals surface area contributed by atoms with Crippen LogP contribution in [0.2, 0.25) is 0 Å². The van der Waals surface area contributed by atoms with E-state index in [2.05, 4.69) is 35.8 Å². The van der Waals surface area contributed by atoms with E-state index in [1.165, 1.54) is 18.2 Å². The highest BCUT2D eigenvalue weighted by atomic mass is 16.6. The number of fused-ring (bicyclic) bond motifs is 3. The average Bonchev–Trinajstić information content (AvgIpc) is 3.32. The van der Waals surface area contributed by atoms with Gasteiger partial charge in [0.15, 0.2) is 6.61 Å². The van der Waals surface area contributed by atoms with Crippen molar-refractivity contribution in [3.8, 4) is 5.75 Å². The van der Waals surface area contributed by atoms with Crippen molar-refractivity contribution in [2.75, 3.05) is 13.7 Å². The lowest BCUT2D eigenvalue weighted by Crippen LogP contribution is -2.19.